The van der Waals surface area contributed by atoms with E-state index < -0.39 is 0 Å². The number of hydrogen-bond donors (Lipinski definition) is 1. The van der Waals surface area contributed by atoms with Gasteiger partial charge in [0.1, 0.15) is 0 Å². The van der Waals surface area contributed by atoms with Crippen LogP contribution in [-0.2, 0) is 9.47 Å². The van der Waals surface area contributed by atoms with Crippen molar-refractivity contribution in [1.29, 1.82) is 0 Å². The summed E-state index contributed by atoms with van der Waals surface area (Å²) in [6.45, 7) is 3.08. The summed E-state index contributed by atoms with van der Waals surface area (Å²) >= 11 is 0. The Balaban J connectivity index is 1.55. The molecule has 3 heteroatoms. The average molecular weight is 225 g/mol. The maximum absolute atomic E-state index is 6.20. The van der Waals surface area contributed by atoms with E-state index in [0.717, 1.165) is 32.5 Å². The Hall–Kier alpha value is -0.120. The van der Waals surface area contributed by atoms with Crippen molar-refractivity contribution in [2.45, 2.75) is 62.8 Å². The monoisotopic (exact) mass is 225 g/mol. The van der Waals surface area contributed by atoms with Gasteiger partial charge in [-0.2, -0.15) is 0 Å². The maximum Gasteiger partial charge on any atom is 0.0715 e. The van der Waals surface area contributed by atoms with Gasteiger partial charge in [-0.15, -0.1) is 0 Å². The number of nitrogens with one attached hydrogen (secondary N) is 1. The summed E-state index contributed by atoms with van der Waals surface area (Å²) in [5.74, 6) is 0. The second-order valence-electron chi connectivity index (χ2n) is 5.60. The van der Waals surface area contributed by atoms with E-state index in [2.05, 4.69) is 5.32 Å². The summed E-state index contributed by atoms with van der Waals surface area (Å²) in [6.07, 6.45) is 9.55. The maximum atomic E-state index is 6.20. The molecule has 0 aromatic heterocycles. The van der Waals surface area contributed by atoms with Gasteiger partial charge in [-0.3, -0.25) is 0 Å². The van der Waals surface area contributed by atoms with Crippen molar-refractivity contribution in [3.63, 3.8) is 0 Å². The summed E-state index contributed by atoms with van der Waals surface area (Å²) in [6, 6.07) is 0. The van der Waals surface area contributed by atoms with Crippen LogP contribution in [0, 0.1) is 0 Å². The van der Waals surface area contributed by atoms with Crippen LogP contribution in [0.3, 0.4) is 0 Å². The molecule has 3 nitrogen and oxygen atoms in total. The minimum absolute atomic E-state index is 0.203. The van der Waals surface area contributed by atoms with E-state index in [1.54, 1.807) is 0 Å². The van der Waals surface area contributed by atoms with Gasteiger partial charge in [0.05, 0.1) is 17.8 Å². The highest BCUT2D eigenvalue weighted by Gasteiger charge is 2.40. The van der Waals surface area contributed by atoms with Crippen molar-refractivity contribution in [3.8, 4) is 0 Å². The zero-order valence-corrected chi connectivity index (χ0v) is 10.0. The van der Waals surface area contributed by atoms with Crippen LogP contribution in [0.5, 0.6) is 0 Å². The Morgan fingerprint density at radius 1 is 1.12 bits per heavy atom. The molecule has 2 unspecified atom stereocenters. The summed E-state index contributed by atoms with van der Waals surface area (Å²) in [4.78, 5) is 0. The summed E-state index contributed by atoms with van der Waals surface area (Å²) in [5.41, 5.74) is 0.203. The van der Waals surface area contributed by atoms with E-state index in [0.29, 0.717) is 12.2 Å². The molecule has 3 rings (SSSR count). The molecule has 92 valence electrons. The number of hydrogen-bond acceptors (Lipinski definition) is 3. The van der Waals surface area contributed by atoms with Gasteiger partial charge in [0.2, 0.25) is 0 Å². The third-order valence-electron chi connectivity index (χ3n) is 4.36. The van der Waals surface area contributed by atoms with Crippen LogP contribution in [0.4, 0.5) is 0 Å². The molecule has 3 aliphatic rings. The van der Waals surface area contributed by atoms with Crippen molar-refractivity contribution in [2.24, 2.45) is 0 Å². The van der Waals surface area contributed by atoms with Gasteiger partial charge in [0.25, 0.3) is 0 Å². The van der Waals surface area contributed by atoms with Crippen LogP contribution >= 0.6 is 0 Å². The first-order valence-corrected chi connectivity index (χ1v) is 6.86. The Bertz CT molecular complexity index is 232. The second kappa shape index (κ2) is 4.63. The van der Waals surface area contributed by atoms with E-state index in [1.807, 2.05) is 0 Å². The molecule has 1 N–H and O–H groups in total. The van der Waals surface area contributed by atoms with E-state index in [1.165, 1.54) is 32.1 Å². The molecule has 2 heterocycles. The molecule has 16 heavy (non-hydrogen) atoms. The second-order valence-corrected chi connectivity index (χ2v) is 5.60. The predicted octanol–water partition coefficient (Wildman–Crippen LogP) is 1.86. The zero-order valence-electron chi connectivity index (χ0n) is 10.0. The SMILES string of the molecule is C1CCC2(C1)CC(OC1CCNC1)CCO2. The molecule has 2 atom stereocenters. The average Bonchev–Trinajstić information content (AvgIpc) is 2.91. The fraction of sp³-hybridized carbons (Fsp3) is 1.00. The Morgan fingerprint density at radius 2 is 2.00 bits per heavy atom. The van der Waals surface area contributed by atoms with E-state index >= 15 is 0 Å². The zero-order chi connectivity index (χ0) is 10.8. The van der Waals surface area contributed by atoms with Gasteiger partial charge in [0, 0.05) is 19.6 Å². The first-order valence-electron chi connectivity index (χ1n) is 6.86. The molecule has 2 aliphatic heterocycles. The van der Waals surface area contributed by atoms with Gasteiger partial charge < -0.3 is 14.8 Å². The highest BCUT2D eigenvalue weighted by atomic mass is 16.5. The molecule has 0 amide bonds. The molecule has 2 saturated heterocycles. The normalized spacial score (nSPS) is 38.2. The molecule has 1 aliphatic carbocycles. The van der Waals surface area contributed by atoms with Crippen LogP contribution in [-0.4, -0.2) is 37.5 Å². The van der Waals surface area contributed by atoms with Crippen molar-refractivity contribution in [3.05, 3.63) is 0 Å². The van der Waals surface area contributed by atoms with E-state index in [9.17, 15) is 0 Å². The lowest BCUT2D eigenvalue weighted by Gasteiger charge is -2.39. The smallest absolute Gasteiger partial charge is 0.0715 e. The highest BCUT2D eigenvalue weighted by Crippen LogP contribution is 2.41. The molecule has 3 fully saturated rings. The predicted molar refractivity (Wildman–Crippen MR) is 62.5 cm³/mol. The van der Waals surface area contributed by atoms with Crippen molar-refractivity contribution in [2.75, 3.05) is 19.7 Å². The molecular formula is C13H23NO2. The van der Waals surface area contributed by atoms with E-state index in [-0.39, 0.29) is 5.60 Å². The molecule has 0 radical (unpaired) electrons. The van der Waals surface area contributed by atoms with Crippen LogP contribution in [0.25, 0.3) is 0 Å². The molecule has 1 spiro atoms. The fourth-order valence-corrected chi connectivity index (χ4v) is 3.48. The first kappa shape index (κ1) is 11.0. The van der Waals surface area contributed by atoms with Crippen LogP contribution in [0.15, 0.2) is 0 Å². The quantitative estimate of drug-likeness (QED) is 0.778. The Morgan fingerprint density at radius 3 is 2.75 bits per heavy atom. The Labute approximate surface area is 97.9 Å². The van der Waals surface area contributed by atoms with Gasteiger partial charge in [-0.05, 0) is 32.2 Å². The van der Waals surface area contributed by atoms with E-state index in [4.69, 9.17) is 9.47 Å². The Kier molecular flexibility index (Phi) is 3.18. The van der Waals surface area contributed by atoms with Crippen LogP contribution < -0.4 is 5.32 Å². The first-order chi connectivity index (χ1) is 7.86. The number of ether oxygens (including phenoxy) is 2. The number of rotatable bonds is 2. The summed E-state index contributed by atoms with van der Waals surface area (Å²) in [5, 5.41) is 3.37. The van der Waals surface area contributed by atoms with Gasteiger partial charge in [0.15, 0.2) is 0 Å². The van der Waals surface area contributed by atoms with Crippen molar-refractivity contribution in [1.82, 2.24) is 5.32 Å². The lowest BCUT2D eigenvalue weighted by atomic mass is 9.90. The van der Waals surface area contributed by atoms with Crippen molar-refractivity contribution >= 4 is 0 Å². The fourth-order valence-electron chi connectivity index (χ4n) is 3.48. The van der Waals surface area contributed by atoms with Crippen LogP contribution in [0.1, 0.15) is 44.9 Å². The largest absolute Gasteiger partial charge is 0.375 e. The van der Waals surface area contributed by atoms with Gasteiger partial charge in [-0.25, -0.2) is 0 Å². The molecular weight excluding hydrogens is 202 g/mol. The van der Waals surface area contributed by atoms with Crippen LogP contribution in [0.2, 0.25) is 0 Å². The third-order valence-corrected chi connectivity index (χ3v) is 4.36. The van der Waals surface area contributed by atoms with Crippen molar-refractivity contribution < 1.29 is 9.47 Å². The summed E-state index contributed by atoms with van der Waals surface area (Å²) in [7, 11) is 0. The summed E-state index contributed by atoms with van der Waals surface area (Å²) < 4.78 is 12.2. The molecule has 1 saturated carbocycles. The molecule has 0 bridgehead atoms. The van der Waals surface area contributed by atoms with Gasteiger partial charge >= 0.3 is 0 Å². The lowest BCUT2D eigenvalue weighted by molar-refractivity contribution is -0.142. The van der Waals surface area contributed by atoms with Gasteiger partial charge in [-0.1, -0.05) is 12.8 Å². The minimum Gasteiger partial charge on any atom is -0.375 e. The molecule has 0 aromatic rings. The minimum atomic E-state index is 0.203. The highest BCUT2D eigenvalue weighted by molar-refractivity contribution is 4.92. The third kappa shape index (κ3) is 2.27. The molecule has 0 aromatic carbocycles. The lowest BCUT2D eigenvalue weighted by Crippen LogP contribution is -2.42. The topological polar surface area (TPSA) is 30.5 Å². The standard InChI is InChI=1S/C13H23NO2/c1-2-6-13(5-1)9-11(4-8-15-13)16-12-3-7-14-10-12/h11-12,14H,1-10H2.